The van der Waals surface area contributed by atoms with Gasteiger partial charge < -0.3 is 19.9 Å². The summed E-state index contributed by atoms with van der Waals surface area (Å²) in [6, 6.07) is 0.171. The zero-order chi connectivity index (χ0) is 15.5. The third kappa shape index (κ3) is 3.69. The van der Waals surface area contributed by atoms with Crippen LogP contribution in [0.2, 0.25) is 0 Å². The van der Waals surface area contributed by atoms with Gasteiger partial charge in [-0.15, -0.1) is 0 Å². The quantitative estimate of drug-likeness (QED) is 0.816. The summed E-state index contributed by atoms with van der Waals surface area (Å²) in [5, 5.41) is 3.16. The van der Waals surface area contributed by atoms with Crippen LogP contribution in [-0.2, 0) is 4.74 Å². The van der Waals surface area contributed by atoms with Crippen molar-refractivity contribution in [2.75, 3.05) is 34.3 Å². The Morgan fingerprint density at radius 2 is 2.05 bits per heavy atom. The Balaban J connectivity index is 1.86. The van der Waals surface area contributed by atoms with Crippen LogP contribution in [-0.4, -0.2) is 67.8 Å². The predicted octanol–water partition coefficient (Wildman–Crippen LogP) is 2.07. The lowest BCUT2D eigenvalue weighted by Gasteiger charge is -2.49. The van der Waals surface area contributed by atoms with E-state index in [1.54, 1.807) is 0 Å². The summed E-state index contributed by atoms with van der Waals surface area (Å²) in [6.07, 6.45) is 6.91. The highest BCUT2D eigenvalue weighted by molar-refractivity contribution is 5.74. The van der Waals surface area contributed by atoms with E-state index in [1.807, 2.05) is 11.9 Å². The highest BCUT2D eigenvalue weighted by Crippen LogP contribution is 2.36. The molecule has 2 rings (SSSR count). The van der Waals surface area contributed by atoms with Crippen LogP contribution in [0, 0.1) is 0 Å². The number of amides is 2. The van der Waals surface area contributed by atoms with Crippen LogP contribution in [0.5, 0.6) is 0 Å². The van der Waals surface area contributed by atoms with Crippen molar-refractivity contribution >= 4 is 6.03 Å². The van der Waals surface area contributed by atoms with Gasteiger partial charge in [-0.2, -0.15) is 0 Å². The number of urea groups is 1. The zero-order valence-corrected chi connectivity index (χ0v) is 14.0. The monoisotopic (exact) mass is 297 g/mol. The number of nitrogens with one attached hydrogen (secondary N) is 1. The molecule has 0 aromatic carbocycles. The molecule has 2 aliphatic rings. The lowest BCUT2D eigenvalue weighted by atomic mass is 9.75. The second kappa shape index (κ2) is 6.97. The average molecular weight is 297 g/mol. The number of carbonyl (C=O) groups excluding carboxylic acids is 1. The molecule has 2 fully saturated rings. The number of hydrogen-bond acceptors (Lipinski definition) is 3. The van der Waals surface area contributed by atoms with Gasteiger partial charge in [0.25, 0.3) is 0 Å². The SMILES string of the molecule is CC[C@@H](NC(=O)N(C)CC1(N(C)C)CCC1)[C@@H]1CCCO1. The Morgan fingerprint density at radius 1 is 1.33 bits per heavy atom. The Labute approximate surface area is 129 Å². The van der Waals surface area contributed by atoms with Crippen molar-refractivity contribution in [1.29, 1.82) is 0 Å². The molecular weight excluding hydrogens is 266 g/mol. The first-order chi connectivity index (χ1) is 9.98. The third-order valence-corrected chi connectivity index (χ3v) is 5.27. The average Bonchev–Trinajstić information content (AvgIpc) is 2.92. The van der Waals surface area contributed by atoms with Gasteiger partial charge in [-0.1, -0.05) is 6.92 Å². The molecule has 0 radical (unpaired) electrons. The van der Waals surface area contributed by atoms with Crippen molar-refractivity contribution in [3.8, 4) is 0 Å². The molecule has 2 amide bonds. The predicted molar refractivity (Wildman–Crippen MR) is 84.5 cm³/mol. The fourth-order valence-electron chi connectivity index (χ4n) is 3.49. The van der Waals surface area contributed by atoms with Crippen molar-refractivity contribution in [3.05, 3.63) is 0 Å². The van der Waals surface area contributed by atoms with Gasteiger partial charge in [-0.3, -0.25) is 0 Å². The van der Waals surface area contributed by atoms with Crippen LogP contribution in [0.25, 0.3) is 0 Å². The number of hydrogen-bond donors (Lipinski definition) is 1. The minimum atomic E-state index is 0.0328. The standard InChI is InChI=1S/C16H31N3O2/c1-5-13(14-8-6-11-21-14)17-15(20)19(4)12-16(18(2)3)9-7-10-16/h13-14H,5-12H2,1-4H3,(H,17,20)/t13-,14+/m1/s1. The summed E-state index contributed by atoms with van der Waals surface area (Å²) in [6.45, 7) is 3.74. The summed E-state index contributed by atoms with van der Waals surface area (Å²) in [7, 11) is 6.14. The first-order valence-corrected chi connectivity index (χ1v) is 8.29. The van der Waals surface area contributed by atoms with E-state index in [1.165, 1.54) is 19.3 Å². The molecule has 21 heavy (non-hydrogen) atoms. The van der Waals surface area contributed by atoms with Crippen molar-refractivity contribution < 1.29 is 9.53 Å². The topological polar surface area (TPSA) is 44.8 Å². The van der Waals surface area contributed by atoms with Gasteiger partial charge in [-0.05, 0) is 52.6 Å². The number of carbonyl (C=O) groups is 1. The Bertz CT molecular complexity index is 349. The highest BCUT2D eigenvalue weighted by atomic mass is 16.5. The molecule has 1 aliphatic heterocycles. The van der Waals surface area contributed by atoms with E-state index in [0.717, 1.165) is 32.4 Å². The largest absolute Gasteiger partial charge is 0.376 e. The van der Waals surface area contributed by atoms with Gasteiger partial charge in [-0.25, -0.2) is 4.79 Å². The van der Waals surface area contributed by atoms with Crippen LogP contribution in [0.3, 0.4) is 0 Å². The van der Waals surface area contributed by atoms with Gasteiger partial charge in [0.2, 0.25) is 0 Å². The molecule has 0 aromatic rings. The minimum absolute atomic E-state index is 0.0328. The van der Waals surface area contributed by atoms with E-state index in [2.05, 4.69) is 31.2 Å². The van der Waals surface area contributed by atoms with Gasteiger partial charge in [0.1, 0.15) is 0 Å². The van der Waals surface area contributed by atoms with Gasteiger partial charge in [0, 0.05) is 25.7 Å². The normalized spacial score (nSPS) is 25.5. The summed E-state index contributed by atoms with van der Waals surface area (Å²) in [5.74, 6) is 0. The Hall–Kier alpha value is -0.810. The number of nitrogens with zero attached hydrogens (tertiary/aromatic N) is 2. The van der Waals surface area contributed by atoms with Crippen LogP contribution in [0.4, 0.5) is 4.79 Å². The van der Waals surface area contributed by atoms with E-state index in [9.17, 15) is 4.79 Å². The van der Waals surface area contributed by atoms with Gasteiger partial charge >= 0.3 is 6.03 Å². The van der Waals surface area contributed by atoms with E-state index < -0.39 is 0 Å². The maximum Gasteiger partial charge on any atom is 0.317 e. The molecule has 0 unspecified atom stereocenters. The minimum Gasteiger partial charge on any atom is -0.376 e. The molecular formula is C16H31N3O2. The molecule has 2 atom stereocenters. The van der Waals surface area contributed by atoms with E-state index in [-0.39, 0.29) is 23.7 Å². The van der Waals surface area contributed by atoms with Gasteiger partial charge in [0.15, 0.2) is 0 Å². The number of rotatable bonds is 6. The van der Waals surface area contributed by atoms with Crippen molar-refractivity contribution in [2.24, 2.45) is 0 Å². The molecule has 1 saturated carbocycles. The van der Waals surface area contributed by atoms with Crippen LogP contribution < -0.4 is 5.32 Å². The molecule has 1 saturated heterocycles. The summed E-state index contributed by atoms with van der Waals surface area (Å²) in [5.41, 5.74) is 0.178. The second-order valence-corrected chi connectivity index (χ2v) is 6.84. The molecule has 122 valence electrons. The molecule has 5 heteroatoms. The van der Waals surface area contributed by atoms with Crippen LogP contribution in [0.15, 0.2) is 0 Å². The Morgan fingerprint density at radius 3 is 2.48 bits per heavy atom. The second-order valence-electron chi connectivity index (χ2n) is 6.84. The molecule has 0 bridgehead atoms. The van der Waals surface area contributed by atoms with Crippen molar-refractivity contribution in [3.63, 3.8) is 0 Å². The van der Waals surface area contributed by atoms with Crippen LogP contribution >= 0.6 is 0 Å². The number of likely N-dealkylation sites (N-methyl/N-ethyl adjacent to an activating group) is 2. The third-order valence-electron chi connectivity index (χ3n) is 5.27. The molecule has 0 aromatic heterocycles. The van der Waals surface area contributed by atoms with Gasteiger partial charge in [0.05, 0.1) is 12.1 Å². The first-order valence-electron chi connectivity index (χ1n) is 8.29. The maximum absolute atomic E-state index is 12.5. The summed E-state index contributed by atoms with van der Waals surface area (Å²) in [4.78, 5) is 16.6. The summed E-state index contributed by atoms with van der Waals surface area (Å²) < 4.78 is 5.72. The first kappa shape index (κ1) is 16.6. The zero-order valence-electron chi connectivity index (χ0n) is 14.0. The van der Waals surface area contributed by atoms with E-state index in [0.29, 0.717) is 0 Å². The molecule has 0 spiro atoms. The van der Waals surface area contributed by atoms with Crippen molar-refractivity contribution in [2.45, 2.75) is 63.1 Å². The van der Waals surface area contributed by atoms with E-state index >= 15 is 0 Å². The smallest absolute Gasteiger partial charge is 0.317 e. The van der Waals surface area contributed by atoms with E-state index in [4.69, 9.17) is 4.74 Å². The fourth-order valence-corrected chi connectivity index (χ4v) is 3.49. The Kier molecular flexibility index (Phi) is 5.49. The van der Waals surface area contributed by atoms with Crippen molar-refractivity contribution in [1.82, 2.24) is 15.1 Å². The van der Waals surface area contributed by atoms with Crippen LogP contribution in [0.1, 0.15) is 45.4 Å². The molecule has 1 heterocycles. The number of ether oxygens (including phenoxy) is 1. The molecule has 1 aliphatic carbocycles. The summed E-state index contributed by atoms with van der Waals surface area (Å²) >= 11 is 0. The fraction of sp³-hybridized carbons (Fsp3) is 0.938. The molecule has 1 N–H and O–H groups in total. The molecule has 5 nitrogen and oxygen atoms in total. The maximum atomic E-state index is 12.5. The highest BCUT2D eigenvalue weighted by Gasteiger charge is 2.41. The lowest BCUT2D eigenvalue weighted by molar-refractivity contribution is 0.0339. The lowest BCUT2D eigenvalue weighted by Crippen LogP contribution is -2.59.